The van der Waals surface area contributed by atoms with Crippen molar-refractivity contribution in [3.05, 3.63) is 29.8 Å². The molecule has 0 radical (unpaired) electrons. The minimum Gasteiger partial charge on any atom is -0.394 e. The van der Waals surface area contributed by atoms with Crippen LogP contribution in [-0.4, -0.2) is 42.8 Å². The molecule has 1 fully saturated rings. The maximum atomic E-state index is 11.2. The number of anilines is 1. The molecule has 1 heterocycles. The third-order valence-electron chi connectivity index (χ3n) is 3.17. The van der Waals surface area contributed by atoms with Gasteiger partial charge >= 0.3 is 0 Å². The van der Waals surface area contributed by atoms with Crippen LogP contribution in [0, 0.1) is 0 Å². The van der Waals surface area contributed by atoms with Gasteiger partial charge in [-0.15, -0.1) is 0 Å². The maximum absolute atomic E-state index is 11.2. The van der Waals surface area contributed by atoms with E-state index in [2.05, 4.69) is 4.90 Å². The minimum atomic E-state index is -0.138. The van der Waals surface area contributed by atoms with E-state index >= 15 is 0 Å². The molecule has 4 heteroatoms. The number of ketones is 1. The zero-order valence-electron chi connectivity index (χ0n) is 10.8. The van der Waals surface area contributed by atoms with E-state index in [4.69, 9.17) is 4.74 Å². The Balaban J connectivity index is 2.12. The standard InChI is InChI=1S/C14H19NO3/c1-10-7-15(8-14(9-16)18-10)13-5-3-12(4-6-13)11(2)17/h3-6,10,14,16H,7-9H2,1-2H3. The second kappa shape index (κ2) is 5.50. The van der Waals surface area contributed by atoms with Crippen LogP contribution in [0.1, 0.15) is 24.2 Å². The van der Waals surface area contributed by atoms with Gasteiger partial charge in [-0.25, -0.2) is 0 Å². The molecule has 98 valence electrons. The van der Waals surface area contributed by atoms with Crippen LogP contribution in [0.25, 0.3) is 0 Å². The third kappa shape index (κ3) is 2.89. The summed E-state index contributed by atoms with van der Waals surface area (Å²) in [6.07, 6.45) is -0.0374. The SMILES string of the molecule is CC(=O)c1ccc(N2CC(C)OC(CO)C2)cc1. The number of Topliss-reactive ketones (excluding diaryl/α,β-unsaturated/α-hetero) is 1. The van der Waals surface area contributed by atoms with Crippen molar-refractivity contribution in [2.75, 3.05) is 24.6 Å². The Hall–Kier alpha value is -1.39. The highest BCUT2D eigenvalue weighted by Crippen LogP contribution is 2.21. The quantitative estimate of drug-likeness (QED) is 0.824. The Morgan fingerprint density at radius 2 is 2.06 bits per heavy atom. The van der Waals surface area contributed by atoms with Gasteiger partial charge in [-0.3, -0.25) is 4.79 Å². The summed E-state index contributed by atoms with van der Waals surface area (Å²) in [5, 5.41) is 9.19. The van der Waals surface area contributed by atoms with Crippen LogP contribution in [-0.2, 0) is 4.74 Å². The van der Waals surface area contributed by atoms with Gasteiger partial charge in [0.2, 0.25) is 0 Å². The maximum Gasteiger partial charge on any atom is 0.159 e. The smallest absolute Gasteiger partial charge is 0.159 e. The van der Waals surface area contributed by atoms with Crippen LogP contribution >= 0.6 is 0 Å². The summed E-state index contributed by atoms with van der Waals surface area (Å²) in [6.45, 7) is 5.08. The van der Waals surface area contributed by atoms with Gasteiger partial charge in [-0.2, -0.15) is 0 Å². The molecule has 0 spiro atoms. The van der Waals surface area contributed by atoms with E-state index in [-0.39, 0.29) is 24.6 Å². The molecule has 2 rings (SSSR count). The zero-order chi connectivity index (χ0) is 13.1. The highest BCUT2D eigenvalue weighted by molar-refractivity contribution is 5.94. The number of hydrogen-bond acceptors (Lipinski definition) is 4. The van der Waals surface area contributed by atoms with Crippen molar-refractivity contribution in [3.8, 4) is 0 Å². The van der Waals surface area contributed by atoms with Crippen LogP contribution in [0.5, 0.6) is 0 Å². The number of nitrogens with zero attached hydrogens (tertiary/aromatic N) is 1. The molecular weight excluding hydrogens is 230 g/mol. The van der Waals surface area contributed by atoms with Gasteiger partial charge in [0.25, 0.3) is 0 Å². The molecule has 2 atom stereocenters. The minimum absolute atomic E-state index is 0.0341. The molecule has 0 saturated carbocycles. The number of aliphatic hydroxyl groups is 1. The molecule has 0 bridgehead atoms. The summed E-state index contributed by atoms with van der Waals surface area (Å²) >= 11 is 0. The summed E-state index contributed by atoms with van der Waals surface area (Å²) in [4.78, 5) is 13.4. The Morgan fingerprint density at radius 1 is 1.39 bits per heavy atom. The van der Waals surface area contributed by atoms with Crippen molar-refractivity contribution in [1.29, 1.82) is 0 Å². The van der Waals surface area contributed by atoms with Crippen molar-refractivity contribution in [3.63, 3.8) is 0 Å². The van der Waals surface area contributed by atoms with Crippen molar-refractivity contribution >= 4 is 11.5 Å². The number of rotatable bonds is 3. The normalized spacial score (nSPS) is 24.1. The van der Waals surface area contributed by atoms with E-state index in [0.717, 1.165) is 17.8 Å². The molecule has 1 aliphatic heterocycles. The molecule has 4 nitrogen and oxygen atoms in total. The Labute approximate surface area is 107 Å². The van der Waals surface area contributed by atoms with E-state index in [1.165, 1.54) is 0 Å². The lowest BCUT2D eigenvalue weighted by atomic mass is 10.1. The number of aliphatic hydroxyl groups excluding tert-OH is 1. The summed E-state index contributed by atoms with van der Waals surface area (Å²) in [5.74, 6) is 0.0742. The van der Waals surface area contributed by atoms with E-state index in [1.807, 2.05) is 31.2 Å². The van der Waals surface area contributed by atoms with E-state index in [9.17, 15) is 9.90 Å². The van der Waals surface area contributed by atoms with Gasteiger partial charge in [0.1, 0.15) is 0 Å². The number of benzene rings is 1. The topological polar surface area (TPSA) is 49.8 Å². The van der Waals surface area contributed by atoms with Crippen LogP contribution in [0.2, 0.25) is 0 Å². The Kier molecular flexibility index (Phi) is 3.99. The fourth-order valence-corrected chi connectivity index (χ4v) is 2.26. The lowest BCUT2D eigenvalue weighted by Gasteiger charge is -2.37. The van der Waals surface area contributed by atoms with Gasteiger partial charge in [0.15, 0.2) is 5.78 Å². The largest absolute Gasteiger partial charge is 0.394 e. The van der Waals surface area contributed by atoms with Gasteiger partial charge < -0.3 is 14.7 Å². The average Bonchev–Trinajstić information content (AvgIpc) is 2.38. The van der Waals surface area contributed by atoms with Crippen LogP contribution < -0.4 is 4.90 Å². The fourth-order valence-electron chi connectivity index (χ4n) is 2.26. The summed E-state index contributed by atoms with van der Waals surface area (Å²) in [6, 6.07) is 7.57. The molecule has 1 aromatic carbocycles. The first kappa shape index (κ1) is 13.1. The summed E-state index contributed by atoms with van der Waals surface area (Å²) in [5.41, 5.74) is 1.78. The highest BCUT2D eigenvalue weighted by atomic mass is 16.5. The number of ether oxygens (including phenoxy) is 1. The second-order valence-electron chi connectivity index (χ2n) is 4.76. The fraction of sp³-hybridized carbons (Fsp3) is 0.500. The van der Waals surface area contributed by atoms with E-state index < -0.39 is 0 Å². The van der Waals surface area contributed by atoms with Crippen LogP contribution in [0.15, 0.2) is 24.3 Å². The van der Waals surface area contributed by atoms with Gasteiger partial charge in [-0.05, 0) is 38.1 Å². The van der Waals surface area contributed by atoms with Crippen LogP contribution in [0.3, 0.4) is 0 Å². The number of carbonyl (C=O) groups excluding carboxylic acids is 1. The van der Waals surface area contributed by atoms with E-state index in [0.29, 0.717) is 6.54 Å². The van der Waals surface area contributed by atoms with Crippen molar-refractivity contribution in [2.45, 2.75) is 26.1 Å². The summed E-state index contributed by atoms with van der Waals surface area (Å²) < 4.78 is 5.60. The lowest BCUT2D eigenvalue weighted by Crippen LogP contribution is -2.48. The molecule has 0 amide bonds. The molecule has 0 aromatic heterocycles. The highest BCUT2D eigenvalue weighted by Gasteiger charge is 2.24. The van der Waals surface area contributed by atoms with Gasteiger partial charge in [0, 0.05) is 24.3 Å². The van der Waals surface area contributed by atoms with Crippen LogP contribution in [0.4, 0.5) is 5.69 Å². The molecule has 2 unspecified atom stereocenters. The third-order valence-corrected chi connectivity index (χ3v) is 3.17. The zero-order valence-corrected chi connectivity index (χ0v) is 10.8. The number of carbonyl (C=O) groups is 1. The summed E-state index contributed by atoms with van der Waals surface area (Å²) in [7, 11) is 0. The predicted octanol–water partition coefficient (Wildman–Crippen LogP) is 1.48. The predicted molar refractivity (Wildman–Crippen MR) is 70.1 cm³/mol. The molecule has 18 heavy (non-hydrogen) atoms. The molecule has 1 aliphatic rings. The van der Waals surface area contributed by atoms with Crippen molar-refractivity contribution in [2.24, 2.45) is 0 Å². The first-order chi connectivity index (χ1) is 8.60. The lowest BCUT2D eigenvalue weighted by molar-refractivity contribution is -0.0421. The monoisotopic (exact) mass is 249 g/mol. The molecule has 1 aromatic rings. The number of morpholine rings is 1. The molecule has 1 N–H and O–H groups in total. The second-order valence-corrected chi connectivity index (χ2v) is 4.76. The average molecular weight is 249 g/mol. The van der Waals surface area contributed by atoms with Gasteiger partial charge in [0.05, 0.1) is 18.8 Å². The Bertz CT molecular complexity index is 416. The molecule has 0 aliphatic carbocycles. The first-order valence-corrected chi connectivity index (χ1v) is 6.22. The molecule has 1 saturated heterocycles. The number of hydrogen-bond donors (Lipinski definition) is 1. The van der Waals surface area contributed by atoms with Crippen molar-refractivity contribution < 1.29 is 14.6 Å². The molecular formula is C14H19NO3. The Morgan fingerprint density at radius 3 is 2.61 bits per heavy atom. The van der Waals surface area contributed by atoms with Crippen molar-refractivity contribution in [1.82, 2.24) is 0 Å². The van der Waals surface area contributed by atoms with E-state index in [1.54, 1.807) is 6.92 Å². The first-order valence-electron chi connectivity index (χ1n) is 6.22. The van der Waals surface area contributed by atoms with Gasteiger partial charge in [-0.1, -0.05) is 0 Å².